The van der Waals surface area contributed by atoms with Gasteiger partial charge in [-0.15, -0.1) is 0 Å². The van der Waals surface area contributed by atoms with Crippen molar-refractivity contribution < 1.29 is 4.79 Å². The first-order valence-electron chi connectivity index (χ1n) is 6.64. The fourth-order valence-corrected chi connectivity index (χ4v) is 4.05. The van der Waals surface area contributed by atoms with E-state index in [1.54, 1.807) is 4.90 Å². The third kappa shape index (κ3) is 1.61. The zero-order valence-corrected chi connectivity index (χ0v) is 10.3. The van der Waals surface area contributed by atoms with Gasteiger partial charge in [0.15, 0.2) is 0 Å². The van der Waals surface area contributed by atoms with E-state index in [1.807, 2.05) is 14.1 Å². The number of urea groups is 1. The van der Waals surface area contributed by atoms with Crippen LogP contribution in [0.5, 0.6) is 0 Å². The van der Waals surface area contributed by atoms with E-state index in [4.69, 9.17) is 0 Å². The molecule has 0 radical (unpaired) electrons. The Hall–Kier alpha value is -0.730. The van der Waals surface area contributed by atoms with Gasteiger partial charge in [-0.25, -0.2) is 4.79 Å². The molecule has 1 N–H and O–H groups in total. The molecule has 0 bridgehead atoms. The van der Waals surface area contributed by atoms with Gasteiger partial charge in [0.25, 0.3) is 0 Å². The summed E-state index contributed by atoms with van der Waals surface area (Å²) in [6.07, 6.45) is 6.78. The molecule has 3 heteroatoms. The monoisotopic (exact) mass is 222 g/mol. The van der Waals surface area contributed by atoms with Gasteiger partial charge < -0.3 is 10.2 Å². The highest BCUT2D eigenvalue weighted by Crippen LogP contribution is 2.61. The molecule has 90 valence electrons. The summed E-state index contributed by atoms with van der Waals surface area (Å²) in [5, 5.41) is 3.22. The second-order valence-corrected chi connectivity index (χ2v) is 6.10. The molecule has 3 aliphatic rings. The average Bonchev–Trinajstić information content (AvgIpc) is 2.92. The highest BCUT2D eigenvalue weighted by Gasteiger charge is 2.55. The van der Waals surface area contributed by atoms with Gasteiger partial charge in [-0.3, -0.25) is 0 Å². The summed E-state index contributed by atoms with van der Waals surface area (Å²) in [7, 11) is 3.64. The average molecular weight is 222 g/mol. The van der Waals surface area contributed by atoms with E-state index in [-0.39, 0.29) is 6.03 Å². The molecule has 3 nitrogen and oxygen atoms in total. The number of fused-ring (bicyclic) bond motifs is 3. The molecular weight excluding hydrogens is 200 g/mol. The second kappa shape index (κ2) is 3.64. The largest absolute Gasteiger partial charge is 0.335 e. The molecule has 0 spiro atoms. The summed E-state index contributed by atoms with van der Waals surface area (Å²) in [4.78, 5) is 13.4. The lowest BCUT2D eigenvalue weighted by Gasteiger charge is -2.36. The number of hydrogen-bond acceptors (Lipinski definition) is 1. The number of rotatable bonds is 1. The first-order chi connectivity index (χ1) is 7.66. The first-order valence-corrected chi connectivity index (χ1v) is 6.64. The predicted octanol–water partition coefficient (Wildman–Crippen LogP) is 2.08. The normalized spacial score (nSPS) is 44.5. The van der Waals surface area contributed by atoms with Crippen molar-refractivity contribution in [3.05, 3.63) is 0 Å². The van der Waals surface area contributed by atoms with Crippen LogP contribution in [-0.2, 0) is 0 Å². The zero-order chi connectivity index (χ0) is 11.3. The van der Waals surface area contributed by atoms with Crippen LogP contribution in [0, 0.1) is 23.7 Å². The fraction of sp³-hybridized carbons (Fsp3) is 0.923. The molecule has 3 saturated carbocycles. The Morgan fingerprint density at radius 3 is 2.62 bits per heavy atom. The Bertz CT molecular complexity index is 302. The topological polar surface area (TPSA) is 32.3 Å². The fourth-order valence-electron chi connectivity index (χ4n) is 4.05. The third-order valence-electron chi connectivity index (χ3n) is 4.94. The number of carbonyl (C=O) groups is 1. The van der Waals surface area contributed by atoms with E-state index in [2.05, 4.69) is 5.32 Å². The van der Waals surface area contributed by atoms with Gasteiger partial charge in [0, 0.05) is 20.1 Å². The van der Waals surface area contributed by atoms with Crippen LogP contribution in [0.15, 0.2) is 0 Å². The Labute approximate surface area is 97.6 Å². The van der Waals surface area contributed by atoms with Crippen LogP contribution in [0.3, 0.4) is 0 Å². The van der Waals surface area contributed by atoms with Crippen LogP contribution < -0.4 is 5.32 Å². The molecule has 3 fully saturated rings. The van der Waals surface area contributed by atoms with E-state index in [9.17, 15) is 4.79 Å². The first kappa shape index (κ1) is 10.4. The number of nitrogens with one attached hydrogen (secondary N) is 1. The number of nitrogens with zero attached hydrogens (tertiary/aromatic N) is 1. The van der Waals surface area contributed by atoms with Crippen molar-refractivity contribution in [3.63, 3.8) is 0 Å². The maximum Gasteiger partial charge on any atom is 0.317 e. The van der Waals surface area contributed by atoms with Gasteiger partial charge in [0.2, 0.25) is 0 Å². The Morgan fingerprint density at radius 1 is 1.12 bits per heavy atom. The molecule has 0 aromatic carbocycles. The maximum absolute atomic E-state index is 11.7. The van der Waals surface area contributed by atoms with Gasteiger partial charge >= 0.3 is 6.03 Å². The lowest BCUT2D eigenvalue weighted by molar-refractivity contribution is 0.166. The minimum absolute atomic E-state index is 0.0891. The highest BCUT2D eigenvalue weighted by atomic mass is 16.2. The van der Waals surface area contributed by atoms with E-state index in [0.717, 1.165) is 23.7 Å². The molecule has 0 heterocycles. The third-order valence-corrected chi connectivity index (χ3v) is 4.94. The van der Waals surface area contributed by atoms with Crippen molar-refractivity contribution in [2.24, 2.45) is 23.7 Å². The van der Waals surface area contributed by atoms with Crippen LogP contribution >= 0.6 is 0 Å². The summed E-state index contributed by atoms with van der Waals surface area (Å²) in [6, 6.07) is 0.549. The summed E-state index contributed by atoms with van der Waals surface area (Å²) < 4.78 is 0. The van der Waals surface area contributed by atoms with Crippen molar-refractivity contribution >= 4 is 6.03 Å². The van der Waals surface area contributed by atoms with Gasteiger partial charge in [-0.2, -0.15) is 0 Å². The van der Waals surface area contributed by atoms with Gasteiger partial charge in [-0.1, -0.05) is 6.42 Å². The number of carbonyl (C=O) groups excluding carboxylic acids is 1. The van der Waals surface area contributed by atoms with Gasteiger partial charge in [-0.05, 0) is 49.4 Å². The Balaban J connectivity index is 1.64. The van der Waals surface area contributed by atoms with E-state index in [0.29, 0.717) is 6.04 Å². The van der Waals surface area contributed by atoms with E-state index in [1.165, 1.54) is 32.1 Å². The van der Waals surface area contributed by atoms with Crippen molar-refractivity contribution in [3.8, 4) is 0 Å². The molecule has 5 atom stereocenters. The smallest absolute Gasteiger partial charge is 0.317 e. The SMILES string of the molecule is CN(C)C(=O)NC1CCCC2C3CC3CC12. The predicted molar refractivity (Wildman–Crippen MR) is 63.1 cm³/mol. The van der Waals surface area contributed by atoms with Crippen LogP contribution in [0.4, 0.5) is 4.79 Å². The molecule has 0 aromatic rings. The molecule has 5 unspecified atom stereocenters. The molecule has 3 rings (SSSR count). The summed E-state index contributed by atoms with van der Waals surface area (Å²) in [6.45, 7) is 0. The highest BCUT2D eigenvalue weighted by molar-refractivity contribution is 5.73. The van der Waals surface area contributed by atoms with E-state index >= 15 is 0 Å². The standard InChI is InChI=1S/C13H22N2O/c1-15(2)13(16)14-12-5-3-4-9-10-6-8(10)7-11(9)12/h8-12H,3-7H2,1-2H3,(H,14,16). The van der Waals surface area contributed by atoms with Crippen LogP contribution in [0.1, 0.15) is 32.1 Å². The van der Waals surface area contributed by atoms with E-state index < -0.39 is 0 Å². The molecule has 3 aliphatic carbocycles. The van der Waals surface area contributed by atoms with Crippen LogP contribution in [-0.4, -0.2) is 31.1 Å². The van der Waals surface area contributed by atoms with Gasteiger partial charge in [0.1, 0.15) is 0 Å². The Morgan fingerprint density at radius 2 is 1.88 bits per heavy atom. The second-order valence-electron chi connectivity index (χ2n) is 6.10. The summed E-state index contributed by atoms with van der Waals surface area (Å²) >= 11 is 0. The van der Waals surface area contributed by atoms with Crippen molar-refractivity contribution in [1.82, 2.24) is 10.2 Å². The minimum atomic E-state index is 0.0891. The van der Waals surface area contributed by atoms with Crippen molar-refractivity contribution in [2.75, 3.05) is 14.1 Å². The van der Waals surface area contributed by atoms with Crippen LogP contribution in [0.25, 0.3) is 0 Å². The lowest BCUT2D eigenvalue weighted by Crippen LogP contribution is -2.48. The molecule has 16 heavy (non-hydrogen) atoms. The summed E-state index contributed by atoms with van der Waals surface area (Å²) in [5.74, 6) is 3.78. The molecule has 0 aliphatic heterocycles. The number of hydrogen-bond donors (Lipinski definition) is 1. The van der Waals surface area contributed by atoms with Crippen molar-refractivity contribution in [1.29, 1.82) is 0 Å². The minimum Gasteiger partial charge on any atom is -0.335 e. The van der Waals surface area contributed by atoms with Crippen molar-refractivity contribution in [2.45, 2.75) is 38.1 Å². The lowest BCUT2D eigenvalue weighted by atomic mass is 9.75. The molecular formula is C13H22N2O. The maximum atomic E-state index is 11.7. The van der Waals surface area contributed by atoms with Crippen LogP contribution in [0.2, 0.25) is 0 Å². The molecule has 0 aromatic heterocycles. The quantitative estimate of drug-likeness (QED) is 0.724. The zero-order valence-electron chi connectivity index (χ0n) is 10.3. The molecule has 0 saturated heterocycles. The summed E-state index contributed by atoms with van der Waals surface area (Å²) in [5.41, 5.74) is 0. The Kier molecular flexibility index (Phi) is 2.37. The number of amides is 2. The van der Waals surface area contributed by atoms with Gasteiger partial charge in [0.05, 0.1) is 0 Å². The molecule has 2 amide bonds.